The second kappa shape index (κ2) is 5.87. The minimum absolute atomic E-state index is 0.304. The lowest BCUT2D eigenvalue weighted by atomic mass is 10.0. The quantitative estimate of drug-likeness (QED) is 0.515. The maximum atomic E-state index is 2.70. The predicted octanol–water partition coefficient (Wildman–Crippen LogP) is 5.81. The van der Waals surface area contributed by atoms with Crippen molar-refractivity contribution in [3.8, 4) is 0 Å². The van der Waals surface area contributed by atoms with Gasteiger partial charge in [-0.25, -0.2) is 0 Å². The lowest BCUT2D eigenvalue weighted by Crippen LogP contribution is -2.03. The van der Waals surface area contributed by atoms with Crippen molar-refractivity contribution in [1.82, 2.24) is 0 Å². The molecule has 0 spiro atoms. The highest BCUT2D eigenvalue weighted by Crippen LogP contribution is 2.66. The minimum Gasteiger partial charge on any atom is -0.0808 e. The Hall–Kier alpha value is 0.170. The molecule has 2 bridgehead atoms. The first-order chi connectivity index (χ1) is 8.45. The maximum Gasteiger partial charge on any atom is -0.0169 e. The molecule has 96 valence electrons. The van der Waals surface area contributed by atoms with Crippen LogP contribution in [0.2, 0.25) is 0 Å². The van der Waals surface area contributed by atoms with Crippen LogP contribution in [0.25, 0.3) is 0 Å². The first kappa shape index (κ1) is 12.2. The monoisotopic (exact) mass is 250 g/mol. The highest BCUT2D eigenvalue weighted by molar-refractivity contribution is 7.63. The molecule has 1 heteroatoms. The Bertz CT molecular complexity index is 267. The summed E-state index contributed by atoms with van der Waals surface area (Å²) in [6, 6.07) is 0. The molecule has 0 nitrogen and oxygen atoms in total. The summed E-state index contributed by atoms with van der Waals surface area (Å²) in [5, 5.41) is 1.97. The molecule has 0 saturated carbocycles. The van der Waals surface area contributed by atoms with Gasteiger partial charge < -0.3 is 0 Å². The Morgan fingerprint density at radius 3 is 2.24 bits per heavy atom. The van der Waals surface area contributed by atoms with Crippen molar-refractivity contribution in [1.29, 1.82) is 0 Å². The van der Waals surface area contributed by atoms with E-state index in [1.165, 1.54) is 51.4 Å². The molecule has 2 fully saturated rings. The zero-order valence-electron chi connectivity index (χ0n) is 11.2. The van der Waals surface area contributed by atoms with E-state index in [1.807, 2.05) is 5.31 Å². The second-order valence-corrected chi connectivity index (χ2v) is 9.07. The lowest BCUT2D eigenvalue weighted by Gasteiger charge is -2.27. The van der Waals surface area contributed by atoms with Crippen molar-refractivity contribution in [2.45, 2.75) is 88.4 Å². The van der Waals surface area contributed by atoms with Gasteiger partial charge in [-0.1, -0.05) is 39.7 Å². The molecule has 17 heavy (non-hydrogen) atoms. The number of rotatable bonds is 1. The van der Waals surface area contributed by atoms with Gasteiger partial charge in [0, 0.05) is 0 Å². The zero-order chi connectivity index (χ0) is 11.5. The van der Waals surface area contributed by atoms with Gasteiger partial charge in [0.25, 0.3) is 0 Å². The van der Waals surface area contributed by atoms with Crippen LogP contribution in [0.15, 0.2) is 11.4 Å². The largest absolute Gasteiger partial charge is 0.0808 e. The number of allylic oxidation sites excluding steroid dienone is 2. The summed E-state index contributed by atoms with van der Waals surface area (Å²) in [6.45, 7) is 0. The van der Waals surface area contributed by atoms with Crippen LogP contribution in [0.3, 0.4) is 0 Å². The molecule has 0 N–H and O–H groups in total. The first-order valence-corrected chi connectivity index (χ1v) is 9.40. The van der Waals surface area contributed by atoms with E-state index in [9.17, 15) is 0 Å². The van der Waals surface area contributed by atoms with Gasteiger partial charge in [-0.2, -0.15) is 0 Å². The molecule has 0 aromatic heterocycles. The van der Waals surface area contributed by atoms with E-state index in [-0.39, 0.29) is 0 Å². The molecule has 2 saturated heterocycles. The van der Waals surface area contributed by atoms with Gasteiger partial charge in [-0.05, 0) is 68.0 Å². The van der Waals surface area contributed by atoms with E-state index in [2.05, 4.69) is 6.08 Å². The Morgan fingerprint density at radius 1 is 0.765 bits per heavy atom. The Morgan fingerprint density at radius 2 is 1.47 bits per heavy atom. The second-order valence-electron chi connectivity index (χ2n) is 6.23. The average molecular weight is 250 g/mol. The van der Waals surface area contributed by atoms with Gasteiger partial charge in [0.2, 0.25) is 0 Å². The van der Waals surface area contributed by atoms with Crippen LogP contribution in [-0.4, -0.2) is 11.3 Å². The topological polar surface area (TPSA) is 0 Å². The number of fused-ring (bicyclic) bond motifs is 2. The molecule has 2 aliphatic heterocycles. The van der Waals surface area contributed by atoms with Crippen molar-refractivity contribution in [2.75, 3.05) is 0 Å². The third-order valence-electron chi connectivity index (χ3n) is 5.04. The molecular formula is C16H27P. The summed E-state index contributed by atoms with van der Waals surface area (Å²) in [5.41, 5.74) is 2.28. The fraction of sp³-hybridized carbons (Fsp3) is 0.875. The summed E-state index contributed by atoms with van der Waals surface area (Å²) in [5.74, 6) is 0. The van der Waals surface area contributed by atoms with E-state index >= 15 is 0 Å². The smallest absolute Gasteiger partial charge is 0.0169 e. The molecule has 3 aliphatic rings. The fourth-order valence-electron chi connectivity index (χ4n) is 4.17. The van der Waals surface area contributed by atoms with Crippen LogP contribution in [-0.2, 0) is 0 Å². The van der Waals surface area contributed by atoms with Crippen LogP contribution in [0.4, 0.5) is 0 Å². The molecule has 1 aliphatic carbocycles. The summed E-state index contributed by atoms with van der Waals surface area (Å²) >= 11 is 0. The van der Waals surface area contributed by atoms with E-state index in [4.69, 9.17) is 0 Å². The third kappa shape index (κ3) is 2.78. The van der Waals surface area contributed by atoms with Gasteiger partial charge in [0.15, 0.2) is 0 Å². The summed E-state index contributed by atoms with van der Waals surface area (Å²) < 4.78 is 0. The van der Waals surface area contributed by atoms with Crippen molar-refractivity contribution >= 4 is 7.92 Å². The van der Waals surface area contributed by atoms with Crippen molar-refractivity contribution in [3.05, 3.63) is 11.4 Å². The van der Waals surface area contributed by atoms with Gasteiger partial charge in [0.05, 0.1) is 0 Å². The summed E-state index contributed by atoms with van der Waals surface area (Å²) in [7, 11) is 0.304. The van der Waals surface area contributed by atoms with Crippen LogP contribution < -0.4 is 0 Å². The van der Waals surface area contributed by atoms with E-state index < -0.39 is 0 Å². The molecular weight excluding hydrogens is 223 g/mol. The summed E-state index contributed by atoms with van der Waals surface area (Å²) in [6.07, 6.45) is 20.9. The van der Waals surface area contributed by atoms with Crippen molar-refractivity contribution < 1.29 is 0 Å². The molecule has 2 unspecified atom stereocenters. The van der Waals surface area contributed by atoms with Gasteiger partial charge in [0.1, 0.15) is 0 Å². The molecule has 2 atom stereocenters. The fourth-order valence-corrected chi connectivity index (χ4v) is 8.23. The standard InChI is InChI=1S/C16H27P/c1-2-4-8-14(9-5-3-1)17-15-10-6-7-11-16(17)13-12-15/h8,15-16H,1-7,9-13H2/b14-8+. The Kier molecular flexibility index (Phi) is 4.22. The van der Waals surface area contributed by atoms with E-state index in [0.29, 0.717) is 7.92 Å². The summed E-state index contributed by atoms with van der Waals surface area (Å²) in [4.78, 5) is 0. The van der Waals surface area contributed by atoms with E-state index in [1.54, 1.807) is 25.7 Å². The maximum absolute atomic E-state index is 2.70. The number of hydrogen-bond donors (Lipinski definition) is 0. The van der Waals surface area contributed by atoms with Crippen LogP contribution >= 0.6 is 7.92 Å². The van der Waals surface area contributed by atoms with Crippen molar-refractivity contribution in [3.63, 3.8) is 0 Å². The Labute approximate surface area is 108 Å². The number of hydrogen-bond acceptors (Lipinski definition) is 0. The van der Waals surface area contributed by atoms with Gasteiger partial charge in [-0.3, -0.25) is 0 Å². The minimum atomic E-state index is 0.304. The average Bonchev–Trinajstić information content (AvgIpc) is 2.52. The highest BCUT2D eigenvalue weighted by Gasteiger charge is 2.38. The van der Waals surface area contributed by atoms with E-state index in [0.717, 1.165) is 11.3 Å². The SMILES string of the molecule is C1=C(/P2C3CCCCC2CC3)CCCCCC/1. The lowest BCUT2D eigenvalue weighted by molar-refractivity contribution is 0.556. The van der Waals surface area contributed by atoms with Crippen LogP contribution in [0.1, 0.15) is 77.0 Å². The van der Waals surface area contributed by atoms with Crippen LogP contribution in [0, 0.1) is 0 Å². The first-order valence-electron chi connectivity index (χ1n) is 7.92. The molecule has 0 aromatic carbocycles. The third-order valence-corrected chi connectivity index (χ3v) is 8.72. The molecule has 2 heterocycles. The van der Waals surface area contributed by atoms with Gasteiger partial charge in [-0.15, -0.1) is 0 Å². The normalized spacial score (nSPS) is 42.1. The highest BCUT2D eigenvalue weighted by atomic mass is 31.1. The van der Waals surface area contributed by atoms with Gasteiger partial charge >= 0.3 is 0 Å². The molecule has 0 aromatic rings. The molecule has 0 amide bonds. The Balaban J connectivity index is 1.76. The molecule has 0 radical (unpaired) electrons. The predicted molar refractivity (Wildman–Crippen MR) is 78.0 cm³/mol. The zero-order valence-corrected chi connectivity index (χ0v) is 12.1. The van der Waals surface area contributed by atoms with Crippen LogP contribution in [0.5, 0.6) is 0 Å². The van der Waals surface area contributed by atoms with Crippen molar-refractivity contribution in [2.24, 2.45) is 0 Å². The molecule has 3 rings (SSSR count).